The molecule has 18 heavy (non-hydrogen) atoms. The highest BCUT2D eigenvalue weighted by atomic mass is 35.5. The topological polar surface area (TPSA) is 41.5 Å². The molecule has 0 heterocycles. The average Bonchev–Trinajstić information content (AvgIpc) is 2.32. The number of phenolic OH excluding ortho intramolecular Hbond substituents is 1. The maximum absolute atomic E-state index is 9.93. The zero-order valence-corrected chi connectivity index (χ0v) is 12.0. The number of methoxy groups -OCH3 is 1. The zero-order chi connectivity index (χ0) is 13.5. The van der Waals surface area contributed by atoms with Crippen molar-refractivity contribution >= 4 is 11.6 Å². The fourth-order valence-electron chi connectivity index (χ4n) is 1.78. The van der Waals surface area contributed by atoms with E-state index in [9.17, 15) is 5.11 Å². The fraction of sp³-hybridized carbons (Fsp3) is 0.571. The highest BCUT2D eigenvalue weighted by molar-refractivity contribution is 6.30. The molecule has 0 fully saturated rings. The van der Waals surface area contributed by atoms with Crippen LogP contribution in [0.5, 0.6) is 11.5 Å². The first-order valence-corrected chi connectivity index (χ1v) is 6.68. The molecule has 0 saturated carbocycles. The highest BCUT2D eigenvalue weighted by Crippen LogP contribution is 2.33. The Morgan fingerprint density at radius 3 is 2.72 bits per heavy atom. The van der Waals surface area contributed by atoms with Gasteiger partial charge in [-0.05, 0) is 31.4 Å². The molecule has 1 aromatic carbocycles. The number of nitrogens with one attached hydrogen (secondary N) is 1. The molecule has 1 rings (SSSR count). The second-order valence-corrected chi connectivity index (χ2v) is 5.27. The van der Waals surface area contributed by atoms with E-state index in [0.717, 1.165) is 24.4 Å². The Balaban J connectivity index is 2.49. The standard InChI is InChI=1S/C14H22ClNO2/c1-10(2)5-4-6-16-9-11-7-12(15)8-13(18-3)14(11)17/h7-8,10,16-17H,4-6,9H2,1-3H3. The predicted octanol–water partition coefficient (Wildman–Crippen LogP) is 3.58. The van der Waals surface area contributed by atoms with Crippen LogP contribution in [-0.2, 0) is 6.54 Å². The van der Waals surface area contributed by atoms with Crippen molar-refractivity contribution < 1.29 is 9.84 Å². The van der Waals surface area contributed by atoms with Crippen LogP contribution in [0.25, 0.3) is 0 Å². The van der Waals surface area contributed by atoms with Gasteiger partial charge >= 0.3 is 0 Å². The fourth-order valence-corrected chi connectivity index (χ4v) is 2.01. The number of aromatic hydroxyl groups is 1. The Morgan fingerprint density at radius 1 is 1.39 bits per heavy atom. The quantitative estimate of drug-likeness (QED) is 0.745. The van der Waals surface area contributed by atoms with E-state index in [4.69, 9.17) is 16.3 Å². The van der Waals surface area contributed by atoms with Crippen molar-refractivity contribution in [1.29, 1.82) is 0 Å². The third-order valence-corrected chi connectivity index (χ3v) is 3.01. The third kappa shape index (κ3) is 4.75. The van der Waals surface area contributed by atoms with Crippen molar-refractivity contribution in [3.8, 4) is 11.5 Å². The van der Waals surface area contributed by atoms with Gasteiger partial charge in [-0.15, -0.1) is 0 Å². The molecule has 0 bridgehead atoms. The SMILES string of the molecule is COc1cc(Cl)cc(CNCCCC(C)C)c1O. The Labute approximate surface area is 114 Å². The number of hydrogen-bond acceptors (Lipinski definition) is 3. The van der Waals surface area contributed by atoms with Crippen molar-refractivity contribution in [2.75, 3.05) is 13.7 Å². The maximum atomic E-state index is 9.93. The molecule has 0 atom stereocenters. The first kappa shape index (κ1) is 15.1. The van der Waals surface area contributed by atoms with E-state index in [2.05, 4.69) is 19.2 Å². The first-order chi connectivity index (χ1) is 8.54. The average molecular weight is 272 g/mol. The van der Waals surface area contributed by atoms with Crippen LogP contribution in [0.15, 0.2) is 12.1 Å². The molecule has 0 aliphatic rings. The largest absolute Gasteiger partial charge is 0.504 e. The van der Waals surface area contributed by atoms with Gasteiger partial charge in [0.15, 0.2) is 11.5 Å². The molecule has 0 amide bonds. The molecular weight excluding hydrogens is 250 g/mol. The molecule has 0 aromatic heterocycles. The number of hydrogen-bond donors (Lipinski definition) is 2. The van der Waals surface area contributed by atoms with Crippen LogP contribution in [0.4, 0.5) is 0 Å². The number of halogens is 1. The van der Waals surface area contributed by atoms with Gasteiger partial charge in [-0.25, -0.2) is 0 Å². The van der Waals surface area contributed by atoms with E-state index in [1.165, 1.54) is 13.5 Å². The summed E-state index contributed by atoms with van der Waals surface area (Å²) in [4.78, 5) is 0. The van der Waals surface area contributed by atoms with E-state index >= 15 is 0 Å². The van der Waals surface area contributed by atoms with Crippen LogP contribution in [-0.4, -0.2) is 18.8 Å². The molecule has 0 unspecified atom stereocenters. The molecule has 0 spiro atoms. The van der Waals surface area contributed by atoms with E-state index in [1.807, 2.05) is 0 Å². The van der Waals surface area contributed by atoms with Gasteiger partial charge in [0.25, 0.3) is 0 Å². The Bertz CT molecular complexity index is 380. The number of benzene rings is 1. The minimum Gasteiger partial charge on any atom is -0.504 e. The van der Waals surface area contributed by atoms with Crippen LogP contribution in [0.1, 0.15) is 32.3 Å². The number of phenols is 1. The summed E-state index contributed by atoms with van der Waals surface area (Å²) in [6, 6.07) is 3.37. The Morgan fingerprint density at radius 2 is 2.11 bits per heavy atom. The smallest absolute Gasteiger partial charge is 0.162 e. The van der Waals surface area contributed by atoms with E-state index in [1.54, 1.807) is 12.1 Å². The summed E-state index contributed by atoms with van der Waals surface area (Å²) in [5.41, 5.74) is 0.767. The summed E-state index contributed by atoms with van der Waals surface area (Å²) < 4.78 is 5.06. The van der Waals surface area contributed by atoms with Gasteiger partial charge in [0.1, 0.15) is 0 Å². The van der Waals surface area contributed by atoms with Crippen molar-refractivity contribution in [1.82, 2.24) is 5.32 Å². The molecule has 0 saturated heterocycles. The maximum Gasteiger partial charge on any atom is 0.162 e. The van der Waals surface area contributed by atoms with Gasteiger partial charge in [-0.3, -0.25) is 0 Å². The monoisotopic (exact) mass is 271 g/mol. The summed E-state index contributed by atoms with van der Waals surface area (Å²) in [5, 5.41) is 13.8. The molecule has 2 N–H and O–H groups in total. The van der Waals surface area contributed by atoms with Crippen LogP contribution in [0.2, 0.25) is 5.02 Å². The molecular formula is C14H22ClNO2. The van der Waals surface area contributed by atoms with Gasteiger partial charge < -0.3 is 15.2 Å². The molecule has 0 aliphatic carbocycles. The second kappa shape index (κ2) is 7.49. The molecule has 0 radical (unpaired) electrons. The summed E-state index contributed by atoms with van der Waals surface area (Å²) in [5.74, 6) is 1.31. The lowest BCUT2D eigenvalue weighted by molar-refractivity contribution is 0.369. The summed E-state index contributed by atoms with van der Waals surface area (Å²) in [7, 11) is 1.52. The van der Waals surface area contributed by atoms with Crippen molar-refractivity contribution in [2.24, 2.45) is 5.92 Å². The summed E-state index contributed by atoms with van der Waals surface area (Å²) >= 11 is 5.96. The van der Waals surface area contributed by atoms with Crippen LogP contribution >= 0.6 is 11.6 Å². The minimum atomic E-state index is 0.165. The first-order valence-electron chi connectivity index (χ1n) is 6.30. The van der Waals surface area contributed by atoms with Crippen molar-refractivity contribution in [2.45, 2.75) is 33.2 Å². The molecule has 4 heteroatoms. The van der Waals surface area contributed by atoms with Crippen molar-refractivity contribution in [3.05, 3.63) is 22.7 Å². The van der Waals surface area contributed by atoms with Crippen LogP contribution < -0.4 is 10.1 Å². The molecule has 1 aromatic rings. The third-order valence-electron chi connectivity index (χ3n) is 2.79. The lowest BCUT2D eigenvalue weighted by Crippen LogP contribution is -2.15. The predicted molar refractivity (Wildman–Crippen MR) is 75.4 cm³/mol. The molecule has 102 valence electrons. The van der Waals surface area contributed by atoms with Crippen LogP contribution in [0.3, 0.4) is 0 Å². The van der Waals surface area contributed by atoms with Crippen LogP contribution in [0, 0.1) is 5.92 Å². The normalized spacial score (nSPS) is 10.9. The number of ether oxygens (including phenoxy) is 1. The lowest BCUT2D eigenvalue weighted by Gasteiger charge is -2.11. The Kier molecular flexibility index (Phi) is 6.30. The molecule has 3 nitrogen and oxygen atoms in total. The molecule has 0 aliphatic heterocycles. The van der Waals surface area contributed by atoms with Gasteiger partial charge in [0.05, 0.1) is 7.11 Å². The number of rotatable bonds is 7. The Hall–Kier alpha value is -0.930. The van der Waals surface area contributed by atoms with Gasteiger partial charge in [-0.1, -0.05) is 25.4 Å². The minimum absolute atomic E-state index is 0.165. The highest BCUT2D eigenvalue weighted by Gasteiger charge is 2.09. The van der Waals surface area contributed by atoms with Crippen molar-refractivity contribution in [3.63, 3.8) is 0 Å². The van der Waals surface area contributed by atoms with E-state index in [-0.39, 0.29) is 5.75 Å². The van der Waals surface area contributed by atoms with Gasteiger partial charge in [0.2, 0.25) is 0 Å². The lowest BCUT2D eigenvalue weighted by atomic mass is 10.1. The summed E-state index contributed by atoms with van der Waals surface area (Å²) in [6.07, 6.45) is 2.34. The zero-order valence-electron chi connectivity index (χ0n) is 11.3. The summed E-state index contributed by atoms with van der Waals surface area (Å²) in [6.45, 7) is 5.97. The van der Waals surface area contributed by atoms with E-state index < -0.39 is 0 Å². The van der Waals surface area contributed by atoms with Gasteiger partial charge in [0, 0.05) is 23.2 Å². The second-order valence-electron chi connectivity index (χ2n) is 4.83. The van der Waals surface area contributed by atoms with Gasteiger partial charge in [-0.2, -0.15) is 0 Å². The van der Waals surface area contributed by atoms with E-state index in [0.29, 0.717) is 17.3 Å².